The molecule has 2 aliphatic heterocycles. The highest BCUT2D eigenvalue weighted by atomic mass is 32.2. The number of fused-ring (bicyclic) bond motifs is 1. The van der Waals surface area contributed by atoms with E-state index in [1.54, 1.807) is 0 Å². The van der Waals surface area contributed by atoms with Crippen LogP contribution in [0.4, 0.5) is 5.69 Å². The van der Waals surface area contributed by atoms with Gasteiger partial charge in [0.1, 0.15) is 11.9 Å². The number of nitrogens with one attached hydrogen (secondary N) is 1. The monoisotopic (exact) mass is 281 g/mol. The van der Waals surface area contributed by atoms with Crippen molar-refractivity contribution in [3.05, 3.63) is 23.8 Å². The van der Waals surface area contributed by atoms with Crippen molar-refractivity contribution in [3.63, 3.8) is 0 Å². The largest absolute Gasteiger partial charge is 0.487 e. The summed E-state index contributed by atoms with van der Waals surface area (Å²) in [5.74, 6) is 1.19. The summed E-state index contributed by atoms with van der Waals surface area (Å²) in [4.78, 5) is 0. The molecule has 2 atom stereocenters. The Hall–Kier alpha value is -1.23. The fraction of sp³-hybridized carbons (Fsp3) is 0.571. The lowest BCUT2D eigenvalue weighted by molar-refractivity contribution is 0.229. The molecule has 5 heteroatoms. The first-order valence-electron chi connectivity index (χ1n) is 6.79. The molecule has 104 valence electrons. The van der Waals surface area contributed by atoms with E-state index in [-0.39, 0.29) is 17.6 Å². The van der Waals surface area contributed by atoms with E-state index in [2.05, 4.69) is 18.3 Å². The predicted molar refractivity (Wildman–Crippen MR) is 75.5 cm³/mol. The number of rotatable bonds is 2. The van der Waals surface area contributed by atoms with E-state index < -0.39 is 9.84 Å². The maximum atomic E-state index is 11.5. The molecule has 4 nitrogen and oxygen atoms in total. The average molecular weight is 281 g/mol. The normalized spacial score (nSPS) is 28.5. The number of ether oxygens (including phenoxy) is 1. The van der Waals surface area contributed by atoms with Crippen LogP contribution in [0.1, 0.15) is 25.3 Å². The zero-order valence-electron chi connectivity index (χ0n) is 11.1. The summed E-state index contributed by atoms with van der Waals surface area (Å²) in [7, 11) is -2.89. The molecule has 0 radical (unpaired) electrons. The van der Waals surface area contributed by atoms with E-state index in [0.717, 1.165) is 24.3 Å². The van der Waals surface area contributed by atoms with Gasteiger partial charge < -0.3 is 10.1 Å². The summed E-state index contributed by atoms with van der Waals surface area (Å²) in [5.41, 5.74) is 2.31. The molecule has 0 saturated carbocycles. The van der Waals surface area contributed by atoms with Gasteiger partial charge in [0.05, 0.1) is 17.2 Å². The quantitative estimate of drug-likeness (QED) is 0.901. The van der Waals surface area contributed by atoms with Crippen molar-refractivity contribution in [1.82, 2.24) is 0 Å². The standard InChI is InChI=1S/C14H19NO3S/c1-10-5-6-11-3-2-4-13(14(11)15-10)18-12-7-8-19(16,17)9-12/h2-4,10,12,15H,5-9H2,1H3. The molecule has 0 aliphatic carbocycles. The van der Waals surface area contributed by atoms with Crippen molar-refractivity contribution < 1.29 is 13.2 Å². The Morgan fingerprint density at radius 2 is 2.16 bits per heavy atom. The molecular weight excluding hydrogens is 262 g/mol. The number of hydrogen-bond acceptors (Lipinski definition) is 4. The highest BCUT2D eigenvalue weighted by Gasteiger charge is 2.30. The minimum Gasteiger partial charge on any atom is -0.487 e. The molecule has 19 heavy (non-hydrogen) atoms. The molecule has 1 N–H and O–H groups in total. The van der Waals surface area contributed by atoms with Crippen LogP contribution in [-0.2, 0) is 16.3 Å². The predicted octanol–water partition coefficient (Wildman–Crippen LogP) is 2.00. The van der Waals surface area contributed by atoms with E-state index in [4.69, 9.17) is 4.74 Å². The topological polar surface area (TPSA) is 55.4 Å². The van der Waals surface area contributed by atoms with Gasteiger partial charge in [0.15, 0.2) is 9.84 Å². The van der Waals surface area contributed by atoms with Gasteiger partial charge in [-0.3, -0.25) is 0 Å². The fourth-order valence-corrected chi connectivity index (χ4v) is 4.36. The van der Waals surface area contributed by atoms with Crippen LogP contribution in [0, 0.1) is 0 Å². The molecule has 1 aromatic carbocycles. The minimum absolute atomic E-state index is 0.145. The van der Waals surface area contributed by atoms with Crippen LogP contribution in [-0.4, -0.2) is 32.1 Å². The Kier molecular flexibility index (Phi) is 3.17. The van der Waals surface area contributed by atoms with E-state index in [0.29, 0.717) is 12.5 Å². The maximum Gasteiger partial charge on any atom is 0.154 e. The van der Waals surface area contributed by atoms with Crippen molar-refractivity contribution in [2.45, 2.75) is 38.3 Å². The number of hydrogen-bond donors (Lipinski definition) is 1. The number of anilines is 1. The molecule has 2 heterocycles. The van der Waals surface area contributed by atoms with E-state index in [1.807, 2.05) is 12.1 Å². The van der Waals surface area contributed by atoms with Crippen LogP contribution < -0.4 is 10.1 Å². The summed E-state index contributed by atoms with van der Waals surface area (Å²) in [6, 6.07) is 6.45. The van der Waals surface area contributed by atoms with Crippen LogP contribution in [0.25, 0.3) is 0 Å². The molecular formula is C14H19NO3S. The van der Waals surface area contributed by atoms with Gasteiger partial charge in [-0.15, -0.1) is 0 Å². The first-order valence-corrected chi connectivity index (χ1v) is 8.61. The Labute approximate surface area is 114 Å². The second kappa shape index (κ2) is 4.71. The number of aryl methyl sites for hydroxylation is 1. The second-order valence-corrected chi connectivity index (χ2v) is 7.75. The van der Waals surface area contributed by atoms with Crippen LogP contribution >= 0.6 is 0 Å². The van der Waals surface area contributed by atoms with Gasteiger partial charge in [0.2, 0.25) is 0 Å². The first kappa shape index (κ1) is 12.8. The molecule has 2 unspecified atom stereocenters. The third-order valence-electron chi connectivity index (χ3n) is 3.83. The molecule has 3 rings (SSSR count). The molecule has 0 spiro atoms. The van der Waals surface area contributed by atoms with Crippen molar-refractivity contribution in [2.75, 3.05) is 16.8 Å². The lowest BCUT2D eigenvalue weighted by Crippen LogP contribution is -2.24. The minimum atomic E-state index is -2.89. The Morgan fingerprint density at radius 1 is 1.32 bits per heavy atom. The van der Waals surface area contributed by atoms with E-state index >= 15 is 0 Å². The first-order chi connectivity index (χ1) is 9.03. The second-order valence-electron chi connectivity index (χ2n) is 5.52. The molecule has 0 aromatic heterocycles. The van der Waals surface area contributed by atoms with Crippen molar-refractivity contribution in [3.8, 4) is 5.75 Å². The van der Waals surface area contributed by atoms with Gasteiger partial charge in [-0.1, -0.05) is 12.1 Å². The third kappa shape index (κ3) is 2.71. The SMILES string of the molecule is CC1CCc2cccc(OC3CCS(=O)(=O)C3)c2N1. The van der Waals surface area contributed by atoms with Gasteiger partial charge in [-0.2, -0.15) is 0 Å². The summed E-state index contributed by atoms with van der Waals surface area (Å²) in [6.45, 7) is 2.15. The van der Waals surface area contributed by atoms with Crippen LogP contribution in [0.2, 0.25) is 0 Å². The van der Waals surface area contributed by atoms with Gasteiger partial charge in [0.25, 0.3) is 0 Å². The van der Waals surface area contributed by atoms with Crippen molar-refractivity contribution in [1.29, 1.82) is 0 Å². The Morgan fingerprint density at radius 3 is 2.89 bits per heavy atom. The third-order valence-corrected chi connectivity index (χ3v) is 5.57. The summed E-state index contributed by atoms with van der Waals surface area (Å²) >= 11 is 0. The molecule has 1 fully saturated rings. The van der Waals surface area contributed by atoms with Crippen LogP contribution in [0.3, 0.4) is 0 Å². The zero-order chi connectivity index (χ0) is 13.5. The summed E-state index contributed by atoms with van der Waals surface area (Å²) in [6.07, 6.45) is 2.56. The van der Waals surface area contributed by atoms with Gasteiger partial charge in [-0.05, 0) is 37.8 Å². The molecule has 1 saturated heterocycles. The average Bonchev–Trinajstić information content (AvgIpc) is 2.69. The van der Waals surface area contributed by atoms with Crippen molar-refractivity contribution >= 4 is 15.5 Å². The smallest absolute Gasteiger partial charge is 0.154 e. The van der Waals surface area contributed by atoms with Gasteiger partial charge in [-0.25, -0.2) is 8.42 Å². The number of para-hydroxylation sites is 1. The van der Waals surface area contributed by atoms with Crippen LogP contribution in [0.15, 0.2) is 18.2 Å². The highest BCUT2D eigenvalue weighted by molar-refractivity contribution is 7.91. The van der Waals surface area contributed by atoms with E-state index in [9.17, 15) is 8.42 Å². The number of sulfone groups is 1. The maximum absolute atomic E-state index is 11.5. The Balaban J connectivity index is 1.82. The summed E-state index contributed by atoms with van der Waals surface area (Å²) < 4.78 is 28.9. The lowest BCUT2D eigenvalue weighted by Gasteiger charge is -2.27. The van der Waals surface area contributed by atoms with Crippen LogP contribution in [0.5, 0.6) is 5.75 Å². The highest BCUT2D eigenvalue weighted by Crippen LogP contribution is 2.35. The van der Waals surface area contributed by atoms with Gasteiger partial charge >= 0.3 is 0 Å². The number of benzene rings is 1. The summed E-state index contributed by atoms with van der Waals surface area (Å²) in [5, 5.41) is 3.45. The molecule has 2 aliphatic rings. The molecule has 1 aromatic rings. The Bertz CT molecular complexity index is 582. The fourth-order valence-electron chi connectivity index (χ4n) is 2.77. The van der Waals surface area contributed by atoms with Crippen molar-refractivity contribution in [2.24, 2.45) is 0 Å². The zero-order valence-corrected chi connectivity index (χ0v) is 11.9. The molecule has 0 bridgehead atoms. The lowest BCUT2D eigenvalue weighted by atomic mass is 9.98. The van der Waals surface area contributed by atoms with E-state index in [1.165, 1.54) is 5.56 Å². The van der Waals surface area contributed by atoms with Gasteiger partial charge in [0, 0.05) is 6.04 Å². The molecule has 0 amide bonds.